The Morgan fingerprint density at radius 2 is 2.10 bits per heavy atom. The number of hydrogen-bond acceptors (Lipinski definition) is 3. The summed E-state index contributed by atoms with van der Waals surface area (Å²) in [6.45, 7) is 2.69. The highest BCUT2D eigenvalue weighted by Gasteiger charge is 2.30. The van der Waals surface area contributed by atoms with Crippen molar-refractivity contribution in [2.75, 3.05) is 13.1 Å². The molecule has 3 heterocycles. The molecule has 0 bridgehead atoms. The Balaban J connectivity index is 1.87. The number of aryl methyl sites for hydroxylation is 1. The highest BCUT2D eigenvalue weighted by atomic mass is 16.3. The van der Waals surface area contributed by atoms with Gasteiger partial charge in [-0.2, -0.15) is 0 Å². The van der Waals surface area contributed by atoms with Crippen molar-refractivity contribution in [2.24, 2.45) is 0 Å². The average molecular weight is 281 g/mol. The molecule has 0 unspecified atom stereocenters. The first-order chi connectivity index (χ1) is 10.1. The minimum atomic E-state index is -0.396. The lowest BCUT2D eigenvalue weighted by Crippen LogP contribution is -2.53. The van der Waals surface area contributed by atoms with E-state index in [1.54, 1.807) is 4.90 Å². The first-order valence-electron chi connectivity index (χ1n) is 6.99. The van der Waals surface area contributed by atoms with Gasteiger partial charge in [-0.3, -0.25) is 4.79 Å². The quantitative estimate of drug-likeness (QED) is 0.715. The summed E-state index contributed by atoms with van der Waals surface area (Å²) >= 11 is 0. The van der Waals surface area contributed by atoms with Crippen LogP contribution in [0.2, 0.25) is 0 Å². The van der Waals surface area contributed by atoms with Gasteiger partial charge in [0, 0.05) is 29.4 Å². The number of aliphatic hydroxyl groups excluding tert-OH is 1. The van der Waals surface area contributed by atoms with Crippen molar-refractivity contribution in [1.82, 2.24) is 14.9 Å². The van der Waals surface area contributed by atoms with Crippen molar-refractivity contribution in [3.63, 3.8) is 0 Å². The van der Waals surface area contributed by atoms with E-state index in [-0.39, 0.29) is 5.91 Å². The SMILES string of the molecule is Cc1nc(C(=O)N2CC(O)C2)cc2c1[nH]c1ccccc12. The molecule has 0 radical (unpaired) electrons. The summed E-state index contributed by atoms with van der Waals surface area (Å²) in [5.74, 6) is -0.115. The van der Waals surface area contributed by atoms with E-state index in [0.717, 1.165) is 27.5 Å². The molecule has 21 heavy (non-hydrogen) atoms. The molecular weight excluding hydrogens is 266 g/mol. The molecule has 5 nitrogen and oxygen atoms in total. The van der Waals surface area contributed by atoms with Crippen LogP contribution in [-0.2, 0) is 0 Å². The Morgan fingerprint density at radius 3 is 2.86 bits per heavy atom. The van der Waals surface area contributed by atoms with Crippen LogP contribution in [0.5, 0.6) is 0 Å². The number of carbonyl (C=O) groups excluding carboxylic acids is 1. The van der Waals surface area contributed by atoms with Crippen molar-refractivity contribution in [1.29, 1.82) is 0 Å². The lowest BCUT2D eigenvalue weighted by molar-refractivity contribution is 0.00551. The molecule has 4 rings (SSSR count). The van der Waals surface area contributed by atoms with Crippen molar-refractivity contribution in [2.45, 2.75) is 13.0 Å². The summed E-state index contributed by atoms with van der Waals surface area (Å²) in [4.78, 5) is 21.8. The number of benzene rings is 1. The van der Waals surface area contributed by atoms with Gasteiger partial charge in [-0.15, -0.1) is 0 Å². The third kappa shape index (κ3) is 1.81. The normalized spacial score (nSPS) is 15.6. The van der Waals surface area contributed by atoms with Crippen LogP contribution in [0.25, 0.3) is 21.8 Å². The zero-order valence-electron chi connectivity index (χ0n) is 11.6. The van der Waals surface area contributed by atoms with Crippen molar-refractivity contribution in [3.05, 3.63) is 41.7 Å². The maximum atomic E-state index is 12.4. The number of nitrogens with zero attached hydrogens (tertiary/aromatic N) is 2. The average Bonchev–Trinajstić information content (AvgIpc) is 2.83. The second-order valence-electron chi connectivity index (χ2n) is 5.55. The fourth-order valence-electron chi connectivity index (χ4n) is 2.90. The van der Waals surface area contributed by atoms with E-state index in [4.69, 9.17) is 0 Å². The monoisotopic (exact) mass is 281 g/mol. The Kier molecular flexibility index (Phi) is 2.53. The molecule has 1 amide bonds. The van der Waals surface area contributed by atoms with E-state index in [0.29, 0.717) is 18.8 Å². The van der Waals surface area contributed by atoms with E-state index in [2.05, 4.69) is 9.97 Å². The predicted octanol–water partition coefficient (Wildman–Crippen LogP) is 1.84. The number of likely N-dealkylation sites (tertiary alicyclic amines) is 1. The van der Waals surface area contributed by atoms with E-state index in [1.165, 1.54) is 0 Å². The lowest BCUT2D eigenvalue weighted by Gasteiger charge is -2.35. The maximum absolute atomic E-state index is 12.4. The Morgan fingerprint density at radius 1 is 1.33 bits per heavy atom. The molecule has 0 spiro atoms. The van der Waals surface area contributed by atoms with Gasteiger partial charge in [0.05, 0.1) is 17.3 Å². The number of carbonyl (C=O) groups is 1. The van der Waals surface area contributed by atoms with E-state index in [9.17, 15) is 9.90 Å². The third-order valence-corrected chi connectivity index (χ3v) is 4.05. The summed E-state index contributed by atoms with van der Waals surface area (Å²) < 4.78 is 0. The Hall–Kier alpha value is -2.40. The summed E-state index contributed by atoms with van der Waals surface area (Å²) in [5.41, 5.74) is 3.27. The van der Waals surface area contributed by atoms with Crippen LogP contribution >= 0.6 is 0 Å². The van der Waals surface area contributed by atoms with Crippen LogP contribution in [0.1, 0.15) is 16.2 Å². The first-order valence-corrected chi connectivity index (χ1v) is 6.99. The minimum Gasteiger partial charge on any atom is -0.389 e. The molecule has 2 aromatic heterocycles. The van der Waals surface area contributed by atoms with Crippen LogP contribution in [0.3, 0.4) is 0 Å². The van der Waals surface area contributed by atoms with Crippen LogP contribution in [0.4, 0.5) is 0 Å². The molecular formula is C16H15N3O2. The third-order valence-electron chi connectivity index (χ3n) is 4.05. The van der Waals surface area contributed by atoms with Crippen LogP contribution in [0.15, 0.2) is 30.3 Å². The maximum Gasteiger partial charge on any atom is 0.272 e. The highest BCUT2D eigenvalue weighted by Crippen LogP contribution is 2.28. The van der Waals surface area contributed by atoms with Crippen molar-refractivity contribution < 1.29 is 9.90 Å². The summed E-state index contributed by atoms with van der Waals surface area (Å²) in [5, 5.41) is 11.4. The second kappa shape index (κ2) is 4.30. The van der Waals surface area contributed by atoms with Gasteiger partial charge in [0.2, 0.25) is 0 Å². The summed E-state index contributed by atoms with van der Waals surface area (Å²) in [7, 11) is 0. The molecule has 0 saturated carbocycles. The van der Waals surface area contributed by atoms with Crippen LogP contribution in [-0.4, -0.2) is 45.1 Å². The molecule has 1 fully saturated rings. The smallest absolute Gasteiger partial charge is 0.272 e. The van der Waals surface area contributed by atoms with E-state index in [1.807, 2.05) is 37.3 Å². The lowest BCUT2D eigenvalue weighted by atomic mass is 10.1. The number of aromatic nitrogens is 2. The van der Waals surface area contributed by atoms with Gasteiger partial charge >= 0.3 is 0 Å². The molecule has 1 aliphatic rings. The topological polar surface area (TPSA) is 69.2 Å². The van der Waals surface area contributed by atoms with E-state index >= 15 is 0 Å². The van der Waals surface area contributed by atoms with Gasteiger partial charge in [0.1, 0.15) is 5.69 Å². The number of nitrogens with one attached hydrogen (secondary N) is 1. The summed E-state index contributed by atoms with van der Waals surface area (Å²) in [6.07, 6.45) is -0.396. The fraction of sp³-hybridized carbons (Fsp3) is 0.250. The molecule has 3 aromatic rings. The fourth-order valence-corrected chi connectivity index (χ4v) is 2.90. The molecule has 0 atom stereocenters. The van der Waals surface area contributed by atoms with Crippen molar-refractivity contribution in [3.8, 4) is 0 Å². The predicted molar refractivity (Wildman–Crippen MR) is 80.2 cm³/mol. The molecule has 0 aliphatic carbocycles. The zero-order valence-corrected chi connectivity index (χ0v) is 11.6. The number of para-hydroxylation sites is 1. The number of hydrogen-bond donors (Lipinski definition) is 2. The zero-order chi connectivity index (χ0) is 14.6. The standard InChI is InChI=1S/C16H15N3O2/c1-9-15-12(11-4-2-3-5-13(11)18-15)6-14(17-9)16(21)19-7-10(20)8-19/h2-6,10,18,20H,7-8H2,1H3. The van der Waals surface area contributed by atoms with Crippen molar-refractivity contribution >= 4 is 27.7 Å². The number of amides is 1. The highest BCUT2D eigenvalue weighted by molar-refractivity contribution is 6.10. The number of β-amino-alcohol motifs (C(OH)–C–C–N with tert-alkyl or cyclic N) is 1. The van der Waals surface area contributed by atoms with Gasteiger partial charge in [0.15, 0.2) is 0 Å². The molecule has 2 N–H and O–H groups in total. The van der Waals surface area contributed by atoms with Gasteiger partial charge in [-0.1, -0.05) is 18.2 Å². The van der Waals surface area contributed by atoms with Crippen LogP contribution in [0, 0.1) is 6.92 Å². The first kappa shape index (κ1) is 12.3. The summed E-state index contributed by atoms with van der Waals surface area (Å²) in [6, 6.07) is 9.86. The van der Waals surface area contributed by atoms with E-state index < -0.39 is 6.10 Å². The van der Waals surface area contributed by atoms with Gasteiger partial charge in [-0.25, -0.2) is 4.98 Å². The number of rotatable bonds is 1. The Bertz CT molecular complexity index is 862. The van der Waals surface area contributed by atoms with Gasteiger partial charge in [0.25, 0.3) is 5.91 Å². The molecule has 1 aromatic carbocycles. The van der Waals surface area contributed by atoms with Crippen LogP contribution < -0.4 is 0 Å². The molecule has 1 saturated heterocycles. The second-order valence-corrected chi connectivity index (χ2v) is 5.55. The number of pyridine rings is 1. The number of fused-ring (bicyclic) bond motifs is 3. The van der Waals surface area contributed by atoms with Gasteiger partial charge in [-0.05, 0) is 19.1 Å². The number of H-pyrrole nitrogens is 1. The van der Waals surface area contributed by atoms with Gasteiger partial charge < -0.3 is 15.0 Å². The number of aromatic amines is 1. The minimum absolute atomic E-state index is 0.115. The Labute approximate surface area is 121 Å². The molecule has 1 aliphatic heterocycles. The largest absolute Gasteiger partial charge is 0.389 e. The molecule has 106 valence electrons. The molecule has 5 heteroatoms. The number of aliphatic hydroxyl groups is 1.